The van der Waals surface area contributed by atoms with Crippen molar-refractivity contribution in [2.45, 2.75) is 25.6 Å². The summed E-state index contributed by atoms with van der Waals surface area (Å²) in [6.45, 7) is 2.64. The van der Waals surface area contributed by atoms with Crippen LogP contribution in [0, 0.1) is 11.7 Å². The first-order chi connectivity index (χ1) is 20.8. The van der Waals surface area contributed by atoms with E-state index in [1.807, 2.05) is 24.0 Å². The van der Waals surface area contributed by atoms with Crippen LogP contribution in [0.25, 0.3) is 27.6 Å². The molecule has 3 aromatic heterocycles. The van der Waals surface area contributed by atoms with Gasteiger partial charge in [-0.25, -0.2) is 23.3 Å². The van der Waals surface area contributed by atoms with E-state index in [1.54, 1.807) is 48.0 Å². The molecule has 0 aliphatic carbocycles. The third-order valence-electron chi connectivity index (χ3n) is 8.30. The van der Waals surface area contributed by atoms with Gasteiger partial charge in [0.1, 0.15) is 28.4 Å². The highest BCUT2D eigenvalue weighted by atomic mass is 32.1. The van der Waals surface area contributed by atoms with E-state index in [-0.39, 0.29) is 23.8 Å². The minimum absolute atomic E-state index is 0.0945. The van der Waals surface area contributed by atoms with Crippen molar-refractivity contribution in [2.75, 3.05) is 24.5 Å². The van der Waals surface area contributed by atoms with Crippen LogP contribution in [-0.4, -0.2) is 61.1 Å². The number of alkyl halides is 1. The maximum Gasteiger partial charge on any atom is 0.308 e. The van der Waals surface area contributed by atoms with Crippen molar-refractivity contribution in [1.29, 1.82) is 0 Å². The number of thiazole rings is 1. The number of rotatable bonds is 5. The lowest BCUT2D eigenvalue weighted by atomic mass is 9.92. The molecule has 2 aliphatic heterocycles. The zero-order valence-electron chi connectivity index (χ0n) is 23.0. The van der Waals surface area contributed by atoms with Crippen LogP contribution in [-0.2, 0) is 4.79 Å². The van der Waals surface area contributed by atoms with Crippen LogP contribution in [0.3, 0.4) is 0 Å². The molecule has 2 aromatic carbocycles. The number of carboxylic acids is 1. The molecule has 9 nitrogen and oxygen atoms in total. The number of hydrogen-bond acceptors (Lipinski definition) is 7. The molecule has 3 atom stereocenters. The molecule has 0 spiro atoms. The van der Waals surface area contributed by atoms with Crippen LogP contribution in [0.5, 0.6) is 0 Å². The van der Waals surface area contributed by atoms with Crippen molar-refractivity contribution in [2.24, 2.45) is 5.92 Å². The van der Waals surface area contributed by atoms with Crippen LogP contribution in [0.4, 0.5) is 14.5 Å². The maximum atomic E-state index is 15.5. The average Bonchev–Trinajstić information content (AvgIpc) is 3.79. The van der Waals surface area contributed by atoms with Gasteiger partial charge in [-0.1, -0.05) is 24.3 Å². The normalized spacial score (nSPS) is 20.0. The predicted molar refractivity (Wildman–Crippen MR) is 157 cm³/mol. The van der Waals surface area contributed by atoms with E-state index in [4.69, 9.17) is 0 Å². The second-order valence-electron chi connectivity index (χ2n) is 10.8. The predicted octanol–water partition coefficient (Wildman–Crippen LogP) is 5.80. The molecule has 0 saturated carbocycles. The molecule has 0 bridgehead atoms. The van der Waals surface area contributed by atoms with E-state index in [1.165, 1.54) is 26.8 Å². The number of benzene rings is 2. The van der Waals surface area contributed by atoms with Gasteiger partial charge in [-0.2, -0.15) is 5.10 Å². The van der Waals surface area contributed by atoms with Gasteiger partial charge in [0.15, 0.2) is 5.65 Å². The highest BCUT2D eigenvalue weighted by molar-refractivity contribution is 7.13. The van der Waals surface area contributed by atoms with Crippen molar-refractivity contribution in [3.63, 3.8) is 0 Å². The lowest BCUT2D eigenvalue weighted by molar-refractivity contribution is -0.140. The zero-order chi connectivity index (χ0) is 29.8. The zero-order valence-corrected chi connectivity index (χ0v) is 23.8. The molecule has 1 fully saturated rings. The summed E-state index contributed by atoms with van der Waals surface area (Å²) < 4.78 is 32.2. The molecule has 1 amide bonds. The summed E-state index contributed by atoms with van der Waals surface area (Å²) in [5, 5.41) is 16.3. The summed E-state index contributed by atoms with van der Waals surface area (Å²) in [4.78, 5) is 37.5. The van der Waals surface area contributed by atoms with Gasteiger partial charge in [0.05, 0.1) is 24.2 Å². The molecule has 5 aromatic rings. The highest BCUT2D eigenvalue weighted by Crippen LogP contribution is 2.38. The third kappa shape index (κ3) is 4.71. The number of anilines is 1. The van der Waals surface area contributed by atoms with Gasteiger partial charge in [-0.15, -0.1) is 11.3 Å². The van der Waals surface area contributed by atoms with Crippen molar-refractivity contribution in [3.8, 4) is 22.0 Å². The second kappa shape index (κ2) is 10.5. The minimum atomic E-state index is -1.32. The maximum absolute atomic E-state index is 15.5. The number of aliphatic carboxylic acids is 1. The molecule has 1 saturated heterocycles. The van der Waals surface area contributed by atoms with E-state index in [0.29, 0.717) is 52.8 Å². The van der Waals surface area contributed by atoms with Gasteiger partial charge in [0, 0.05) is 42.0 Å². The number of carbonyl (C=O) groups is 2. The lowest BCUT2D eigenvalue weighted by Crippen LogP contribution is -2.40. The molecule has 43 heavy (non-hydrogen) atoms. The molecule has 0 radical (unpaired) electrons. The molecular weight excluding hydrogens is 574 g/mol. The largest absolute Gasteiger partial charge is 0.481 e. The van der Waals surface area contributed by atoms with E-state index in [2.05, 4.69) is 15.1 Å². The van der Waals surface area contributed by atoms with Gasteiger partial charge in [0.25, 0.3) is 5.91 Å². The van der Waals surface area contributed by atoms with Crippen LogP contribution >= 0.6 is 11.3 Å². The van der Waals surface area contributed by atoms with Gasteiger partial charge in [-0.3, -0.25) is 9.59 Å². The van der Waals surface area contributed by atoms with Crippen molar-refractivity contribution < 1.29 is 23.5 Å². The molecule has 12 heteroatoms. The fourth-order valence-corrected chi connectivity index (χ4v) is 6.64. The van der Waals surface area contributed by atoms with E-state index >= 15 is 8.78 Å². The molecule has 1 N–H and O–H groups in total. The summed E-state index contributed by atoms with van der Waals surface area (Å²) >= 11 is 1.36. The van der Waals surface area contributed by atoms with Crippen molar-refractivity contribution >= 4 is 34.5 Å². The van der Waals surface area contributed by atoms with E-state index in [0.717, 1.165) is 5.56 Å². The Labute approximate surface area is 249 Å². The SMILES string of the molecule is C[C@@H]1c2ccccc2C(F)CN1C(=O)c1cc(-c2nccs2)n2nc(-c3ccc(N4CC[C@H](C(=O)O)C4)cc3F)cc2n1. The summed E-state index contributed by atoms with van der Waals surface area (Å²) in [7, 11) is 0. The standard InChI is InChI=1S/C31H26F2N6O3S/c1-17-20-4-2-3-5-21(20)24(33)16-38(17)30(40)26-13-27(29-34-9-11-43-29)39-28(35-26)14-25(36-39)22-7-6-19(12-23(22)32)37-10-8-18(15-37)31(41)42/h2-7,9,11-14,17-18,24H,8,10,15-16H2,1H3,(H,41,42)/t17-,18+,24?/m1/s1. The molecule has 218 valence electrons. The smallest absolute Gasteiger partial charge is 0.308 e. The number of carbonyl (C=O) groups excluding carboxylic acids is 1. The number of halogens is 2. The van der Waals surface area contributed by atoms with E-state index < -0.39 is 29.8 Å². The Hall–Kier alpha value is -4.71. The van der Waals surface area contributed by atoms with Crippen LogP contribution in [0.15, 0.2) is 66.2 Å². The molecule has 5 heterocycles. The first kappa shape index (κ1) is 27.1. The van der Waals surface area contributed by atoms with Crippen molar-refractivity contribution in [1.82, 2.24) is 24.5 Å². The van der Waals surface area contributed by atoms with Crippen molar-refractivity contribution in [3.05, 3.63) is 88.8 Å². The van der Waals surface area contributed by atoms with Crippen LogP contribution in [0.2, 0.25) is 0 Å². The summed E-state index contributed by atoms with van der Waals surface area (Å²) in [5.41, 5.74) is 3.44. The van der Waals surface area contributed by atoms with Crippen LogP contribution in [0.1, 0.15) is 47.2 Å². The minimum Gasteiger partial charge on any atom is -0.481 e. The number of nitrogens with zero attached hydrogens (tertiary/aromatic N) is 6. The number of aromatic nitrogens is 4. The Morgan fingerprint density at radius 2 is 1.88 bits per heavy atom. The Bertz CT molecular complexity index is 1880. The molecule has 2 aliphatic rings. The summed E-state index contributed by atoms with van der Waals surface area (Å²) in [5.74, 6) is -2.27. The second-order valence-corrected chi connectivity index (χ2v) is 11.7. The molecule has 7 rings (SSSR count). The number of hydrogen-bond donors (Lipinski definition) is 1. The summed E-state index contributed by atoms with van der Waals surface area (Å²) in [6.07, 6.45) is 0.828. The monoisotopic (exact) mass is 600 g/mol. The average molecular weight is 601 g/mol. The quantitative estimate of drug-likeness (QED) is 0.272. The van der Waals surface area contributed by atoms with E-state index in [9.17, 15) is 14.7 Å². The lowest BCUT2D eigenvalue weighted by Gasteiger charge is -2.36. The first-order valence-electron chi connectivity index (χ1n) is 13.9. The number of fused-ring (bicyclic) bond motifs is 2. The Morgan fingerprint density at radius 3 is 2.60 bits per heavy atom. The molecule has 1 unspecified atom stereocenters. The van der Waals surface area contributed by atoms with Gasteiger partial charge < -0.3 is 14.9 Å². The topological polar surface area (TPSA) is 104 Å². The Morgan fingerprint density at radius 1 is 1.07 bits per heavy atom. The third-order valence-corrected chi connectivity index (χ3v) is 9.09. The Kier molecular flexibility index (Phi) is 6.65. The summed E-state index contributed by atoms with van der Waals surface area (Å²) in [6, 6.07) is 14.8. The first-order valence-corrected chi connectivity index (χ1v) is 14.8. The number of carboxylic acid groups (broad SMARTS) is 1. The highest BCUT2D eigenvalue weighted by Gasteiger charge is 2.35. The number of amides is 1. The van der Waals surface area contributed by atoms with Crippen LogP contribution < -0.4 is 4.90 Å². The van der Waals surface area contributed by atoms with Gasteiger partial charge in [-0.05, 0) is 48.7 Å². The van der Waals surface area contributed by atoms with Gasteiger partial charge >= 0.3 is 5.97 Å². The van der Waals surface area contributed by atoms with Gasteiger partial charge in [0.2, 0.25) is 0 Å². The fraction of sp³-hybridized carbons (Fsp3) is 0.258. The Balaban J connectivity index is 1.26. The fourth-order valence-electron chi connectivity index (χ4n) is 6.00. The molecular formula is C31H26F2N6O3S.